The van der Waals surface area contributed by atoms with E-state index in [9.17, 15) is 21.6 Å². The lowest BCUT2D eigenvalue weighted by molar-refractivity contribution is -0.139. The largest absolute Gasteiger partial charge is 0.490 e. The maximum absolute atomic E-state index is 13.6. The van der Waals surface area contributed by atoms with Gasteiger partial charge in [-0.25, -0.2) is 13.4 Å². The number of hydrogen-bond acceptors (Lipinski definition) is 7. The van der Waals surface area contributed by atoms with E-state index >= 15 is 0 Å². The highest BCUT2D eigenvalue weighted by Crippen LogP contribution is 2.37. The van der Waals surface area contributed by atoms with E-state index in [0.29, 0.717) is 25.3 Å². The normalized spacial score (nSPS) is 15.9. The first-order valence-corrected chi connectivity index (χ1v) is 13.5. The zero-order valence-corrected chi connectivity index (χ0v) is 21.7. The number of fused-ring (bicyclic) bond motifs is 2. The number of anilines is 2. The van der Waals surface area contributed by atoms with Crippen molar-refractivity contribution in [3.8, 4) is 11.6 Å². The van der Waals surface area contributed by atoms with Crippen LogP contribution >= 0.6 is 0 Å². The summed E-state index contributed by atoms with van der Waals surface area (Å²) in [4.78, 5) is 7.83. The van der Waals surface area contributed by atoms with Crippen LogP contribution in [0.15, 0.2) is 53.4 Å². The summed E-state index contributed by atoms with van der Waals surface area (Å²) in [6.07, 6.45) is -4.21. The Kier molecular flexibility index (Phi) is 6.86. The van der Waals surface area contributed by atoms with E-state index < -0.39 is 26.7 Å². The molecule has 5 rings (SSSR count). The van der Waals surface area contributed by atoms with Gasteiger partial charge in [-0.05, 0) is 48.5 Å². The molecule has 0 saturated carbocycles. The van der Waals surface area contributed by atoms with Gasteiger partial charge in [-0.15, -0.1) is 0 Å². The standard InChI is InChI=1S/C26H27F3N4O4S/c1-32-10-9-20-18(15-32)14-21(31-38(34,35)24-6-4-3-5-19(24)26(27,28)29)25(30-20)37-16-17-7-8-22-23(13-17)36-12-11-33(22)2/h3-8,13-14,31H,9-12,15-16H2,1-2H3. The van der Waals surface area contributed by atoms with Crippen molar-refractivity contribution < 1.29 is 31.1 Å². The van der Waals surface area contributed by atoms with Crippen LogP contribution in [0.1, 0.15) is 22.4 Å². The van der Waals surface area contributed by atoms with E-state index in [-0.39, 0.29) is 18.2 Å². The van der Waals surface area contributed by atoms with E-state index in [1.54, 1.807) is 6.07 Å². The van der Waals surface area contributed by atoms with E-state index in [4.69, 9.17) is 9.47 Å². The molecule has 2 aliphatic rings. The van der Waals surface area contributed by atoms with Gasteiger partial charge < -0.3 is 19.3 Å². The Hall–Kier alpha value is -3.51. The fraction of sp³-hybridized carbons (Fsp3) is 0.346. The van der Waals surface area contributed by atoms with Crippen LogP contribution in [0.3, 0.4) is 0 Å². The van der Waals surface area contributed by atoms with Gasteiger partial charge in [0.1, 0.15) is 24.7 Å². The maximum atomic E-state index is 13.6. The van der Waals surface area contributed by atoms with Crippen LogP contribution in [-0.2, 0) is 35.8 Å². The number of likely N-dealkylation sites (N-methyl/N-ethyl adjacent to an activating group) is 2. The second-order valence-electron chi connectivity index (χ2n) is 9.39. The number of nitrogens with zero attached hydrogens (tertiary/aromatic N) is 3. The number of hydrogen-bond donors (Lipinski definition) is 1. The summed E-state index contributed by atoms with van der Waals surface area (Å²) in [6.45, 7) is 2.67. The Morgan fingerprint density at radius 2 is 1.89 bits per heavy atom. The van der Waals surface area contributed by atoms with Crippen molar-refractivity contribution in [1.29, 1.82) is 0 Å². The van der Waals surface area contributed by atoms with Crippen molar-refractivity contribution in [3.05, 3.63) is 70.9 Å². The third-order valence-corrected chi connectivity index (χ3v) is 7.97. The minimum atomic E-state index is -4.84. The molecular weight excluding hydrogens is 521 g/mol. The van der Waals surface area contributed by atoms with Gasteiger partial charge in [0.25, 0.3) is 10.0 Å². The van der Waals surface area contributed by atoms with E-state index in [2.05, 4.69) is 14.6 Å². The van der Waals surface area contributed by atoms with Crippen molar-refractivity contribution in [2.24, 2.45) is 0 Å². The van der Waals surface area contributed by atoms with Crippen molar-refractivity contribution in [3.63, 3.8) is 0 Å². The molecule has 0 radical (unpaired) electrons. The molecule has 0 amide bonds. The molecule has 3 aromatic rings. The molecule has 1 aromatic heterocycles. The monoisotopic (exact) mass is 548 g/mol. The molecule has 0 fully saturated rings. The Bertz CT molecular complexity index is 1460. The zero-order valence-electron chi connectivity index (χ0n) is 20.9. The molecule has 0 bridgehead atoms. The Morgan fingerprint density at radius 3 is 2.68 bits per heavy atom. The molecule has 2 aromatic carbocycles. The van der Waals surface area contributed by atoms with Gasteiger partial charge in [0.05, 0.1) is 28.4 Å². The first kappa shape index (κ1) is 26.1. The predicted octanol–water partition coefficient (Wildman–Crippen LogP) is 4.30. The SMILES string of the molecule is CN1CCc2nc(OCc3ccc4c(c3)OCCN4C)c(NS(=O)(=O)c3ccccc3C(F)(F)F)cc2C1. The van der Waals surface area contributed by atoms with Crippen LogP contribution in [0.2, 0.25) is 0 Å². The Balaban J connectivity index is 1.47. The number of nitrogens with one attached hydrogen (secondary N) is 1. The summed E-state index contributed by atoms with van der Waals surface area (Å²) in [6, 6.07) is 11.3. The first-order valence-electron chi connectivity index (χ1n) is 12.0. The number of aromatic nitrogens is 1. The smallest absolute Gasteiger partial charge is 0.417 e. The van der Waals surface area contributed by atoms with Gasteiger partial charge in [-0.2, -0.15) is 13.2 Å². The number of benzene rings is 2. The molecule has 38 heavy (non-hydrogen) atoms. The number of pyridine rings is 1. The highest BCUT2D eigenvalue weighted by Gasteiger charge is 2.37. The highest BCUT2D eigenvalue weighted by atomic mass is 32.2. The minimum Gasteiger partial charge on any atom is -0.490 e. The average Bonchev–Trinajstić information content (AvgIpc) is 2.87. The molecule has 0 aliphatic carbocycles. The fourth-order valence-electron chi connectivity index (χ4n) is 4.56. The van der Waals surface area contributed by atoms with Crippen molar-refractivity contribution in [2.75, 3.05) is 43.4 Å². The predicted molar refractivity (Wildman–Crippen MR) is 136 cm³/mol. The summed E-state index contributed by atoms with van der Waals surface area (Å²) < 4.78 is 81.1. The Morgan fingerprint density at radius 1 is 1.11 bits per heavy atom. The zero-order chi connectivity index (χ0) is 27.1. The third kappa shape index (κ3) is 5.37. The number of ether oxygens (including phenoxy) is 2. The topological polar surface area (TPSA) is 84.0 Å². The number of rotatable bonds is 6. The van der Waals surface area contributed by atoms with Crippen LogP contribution in [0.4, 0.5) is 24.5 Å². The average molecular weight is 549 g/mol. The Labute approximate surface area is 219 Å². The molecule has 0 atom stereocenters. The van der Waals surface area contributed by atoms with Crippen LogP contribution in [-0.4, -0.2) is 52.1 Å². The summed E-state index contributed by atoms with van der Waals surface area (Å²) in [7, 11) is -0.723. The van der Waals surface area contributed by atoms with Gasteiger partial charge in [-0.3, -0.25) is 4.72 Å². The number of halogens is 3. The van der Waals surface area contributed by atoms with E-state index in [0.717, 1.165) is 53.8 Å². The lowest BCUT2D eigenvalue weighted by atomic mass is 10.1. The lowest BCUT2D eigenvalue weighted by Crippen LogP contribution is -2.28. The first-order chi connectivity index (χ1) is 18.0. The summed E-state index contributed by atoms with van der Waals surface area (Å²) in [5.74, 6) is 0.711. The molecule has 202 valence electrons. The van der Waals surface area contributed by atoms with Crippen molar-refractivity contribution in [1.82, 2.24) is 9.88 Å². The van der Waals surface area contributed by atoms with Crippen LogP contribution in [0.25, 0.3) is 0 Å². The van der Waals surface area contributed by atoms with Crippen LogP contribution in [0, 0.1) is 0 Å². The van der Waals surface area contributed by atoms with Crippen molar-refractivity contribution >= 4 is 21.4 Å². The lowest BCUT2D eigenvalue weighted by Gasteiger charge is -2.28. The molecular formula is C26H27F3N4O4S. The summed E-state index contributed by atoms with van der Waals surface area (Å²) in [5, 5.41) is 0. The summed E-state index contributed by atoms with van der Waals surface area (Å²) >= 11 is 0. The van der Waals surface area contributed by atoms with E-state index in [1.165, 1.54) is 6.07 Å². The highest BCUT2D eigenvalue weighted by molar-refractivity contribution is 7.92. The fourth-order valence-corrected chi connectivity index (χ4v) is 5.83. The molecule has 0 spiro atoms. The van der Waals surface area contributed by atoms with Gasteiger partial charge in [0, 0.05) is 26.6 Å². The quantitative estimate of drug-likeness (QED) is 0.492. The van der Waals surface area contributed by atoms with Gasteiger partial charge >= 0.3 is 6.18 Å². The van der Waals surface area contributed by atoms with Crippen LogP contribution < -0.4 is 19.1 Å². The van der Waals surface area contributed by atoms with Crippen molar-refractivity contribution in [2.45, 2.75) is 30.6 Å². The van der Waals surface area contributed by atoms with Crippen LogP contribution in [0.5, 0.6) is 11.6 Å². The molecule has 2 aliphatic heterocycles. The summed E-state index contributed by atoms with van der Waals surface area (Å²) in [5.41, 5.74) is 1.98. The molecule has 0 saturated heterocycles. The molecule has 8 nitrogen and oxygen atoms in total. The maximum Gasteiger partial charge on any atom is 0.417 e. The number of sulfonamides is 1. The second kappa shape index (κ2) is 9.99. The second-order valence-corrected chi connectivity index (χ2v) is 11.0. The minimum absolute atomic E-state index is 0.00266. The van der Waals surface area contributed by atoms with E-state index in [1.807, 2.05) is 37.2 Å². The molecule has 12 heteroatoms. The molecule has 1 N–H and O–H groups in total. The van der Waals surface area contributed by atoms with Gasteiger partial charge in [0.15, 0.2) is 0 Å². The third-order valence-electron chi connectivity index (χ3n) is 6.55. The molecule has 0 unspecified atom stereocenters. The van der Waals surface area contributed by atoms with Gasteiger partial charge in [-0.1, -0.05) is 18.2 Å². The molecule has 3 heterocycles. The number of alkyl halides is 3. The van der Waals surface area contributed by atoms with Gasteiger partial charge in [0.2, 0.25) is 5.88 Å².